The van der Waals surface area contributed by atoms with E-state index in [0.717, 1.165) is 58.0 Å². The number of aliphatic imine (C=N–C) groups is 1. The van der Waals surface area contributed by atoms with Crippen LogP contribution in [0.2, 0.25) is 0 Å². The van der Waals surface area contributed by atoms with Crippen LogP contribution >= 0.6 is 0 Å². The molecule has 1 spiro atoms. The summed E-state index contributed by atoms with van der Waals surface area (Å²) < 4.78 is 5.08. The first-order chi connectivity index (χ1) is 8.27. The molecule has 0 aromatic rings. The molecule has 0 amide bonds. The van der Waals surface area contributed by atoms with E-state index in [1.165, 1.54) is 0 Å². The van der Waals surface area contributed by atoms with E-state index in [2.05, 4.69) is 27.6 Å². The summed E-state index contributed by atoms with van der Waals surface area (Å²) in [6, 6.07) is 0. The summed E-state index contributed by atoms with van der Waals surface area (Å²) in [6.07, 6.45) is 2.28. The second-order valence-corrected chi connectivity index (χ2v) is 4.96. The lowest BCUT2D eigenvalue weighted by atomic mass is 9.85. The third-order valence-corrected chi connectivity index (χ3v) is 3.74. The summed E-state index contributed by atoms with van der Waals surface area (Å²) in [4.78, 5) is 7.06. The fraction of sp³-hybridized carbons (Fsp3) is 0.917. The lowest BCUT2D eigenvalue weighted by Crippen LogP contribution is -2.64. The van der Waals surface area contributed by atoms with E-state index >= 15 is 0 Å². The lowest BCUT2D eigenvalue weighted by Gasteiger charge is -2.44. The molecule has 0 unspecified atom stereocenters. The van der Waals surface area contributed by atoms with Gasteiger partial charge in [-0.2, -0.15) is 0 Å². The Hall–Kier alpha value is -0.650. The third kappa shape index (κ3) is 2.97. The van der Waals surface area contributed by atoms with E-state index in [9.17, 15) is 0 Å². The van der Waals surface area contributed by atoms with Crippen molar-refractivity contribution in [1.82, 2.24) is 15.5 Å². The van der Waals surface area contributed by atoms with Crippen LogP contribution in [0.1, 0.15) is 12.8 Å². The summed E-state index contributed by atoms with van der Waals surface area (Å²) in [5.74, 6) is 1.15. The molecule has 2 rings (SSSR count). The summed E-state index contributed by atoms with van der Waals surface area (Å²) in [5.41, 5.74) is 0.0957. The van der Waals surface area contributed by atoms with Gasteiger partial charge in [-0.15, -0.1) is 0 Å². The zero-order valence-corrected chi connectivity index (χ0v) is 11.0. The molecule has 1 fully saturated rings. The summed E-state index contributed by atoms with van der Waals surface area (Å²) in [5, 5.41) is 7.11. The van der Waals surface area contributed by atoms with Crippen LogP contribution in [0, 0.1) is 0 Å². The quantitative estimate of drug-likeness (QED) is 0.664. The summed E-state index contributed by atoms with van der Waals surface area (Å²) in [7, 11) is 3.92. The number of amidine groups is 1. The summed E-state index contributed by atoms with van der Waals surface area (Å²) in [6.45, 7) is 5.73. The van der Waals surface area contributed by atoms with Crippen molar-refractivity contribution in [3.05, 3.63) is 0 Å². The molecule has 0 saturated carbocycles. The van der Waals surface area contributed by atoms with Crippen molar-refractivity contribution < 1.29 is 4.74 Å². The molecule has 17 heavy (non-hydrogen) atoms. The zero-order chi connectivity index (χ0) is 12.1. The molecule has 98 valence electrons. The molecule has 2 aliphatic heterocycles. The highest BCUT2D eigenvalue weighted by atomic mass is 16.5. The number of nitrogens with zero attached hydrogens (tertiary/aromatic N) is 2. The number of hydrogen-bond donors (Lipinski definition) is 2. The van der Waals surface area contributed by atoms with Gasteiger partial charge in [-0.25, -0.2) is 0 Å². The fourth-order valence-corrected chi connectivity index (χ4v) is 2.61. The second kappa shape index (κ2) is 5.80. The molecule has 1 saturated heterocycles. The summed E-state index contributed by atoms with van der Waals surface area (Å²) >= 11 is 0. The van der Waals surface area contributed by atoms with Gasteiger partial charge in [0, 0.05) is 33.3 Å². The predicted octanol–water partition coefficient (Wildman–Crippen LogP) is -0.311. The van der Waals surface area contributed by atoms with E-state index in [-0.39, 0.29) is 5.54 Å². The largest absolute Gasteiger partial charge is 0.383 e. The van der Waals surface area contributed by atoms with Gasteiger partial charge in [0.1, 0.15) is 5.84 Å². The van der Waals surface area contributed by atoms with Gasteiger partial charge in [-0.1, -0.05) is 0 Å². The van der Waals surface area contributed by atoms with Gasteiger partial charge in [0.25, 0.3) is 0 Å². The second-order valence-electron chi connectivity index (χ2n) is 4.96. The highest BCUT2D eigenvalue weighted by molar-refractivity contribution is 5.92. The van der Waals surface area contributed by atoms with E-state index in [1.807, 2.05) is 0 Å². The minimum absolute atomic E-state index is 0.0957. The van der Waals surface area contributed by atoms with Crippen LogP contribution in [0.3, 0.4) is 0 Å². The fourth-order valence-electron chi connectivity index (χ4n) is 2.61. The van der Waals surface area contributed by atoms with E-state index < -0.39 is 0 Å². The standard InChI is InChI=1S/C12H24N4O/c1-16-8-3-12(4-9-16)11(13-5-6-15-12)14-7-10-17-2/h15H,3-10H2,1-2H3,(H,13,14). The first-order valence-electron chi connectivity index (χ1n) is 6.48. The van der Waals surface area contributed by atoms with Crippen molar-refractivity contribution in [3.63, 3.8) is 0 Å². The van der Waals surface area contributed by atoms with Crippen molar-refractivity contribution >= 4 is 5.84 Å². The highest BCUT2D eigenvalue weighted by Crippen LogP contribution is 2.24. The van der Waals surface area contributed by atoms with Crippen LogP contribution in [0.5, 0.6) is 0 Å². The number of piperidine rings is 1. The normalized spacial score (nSPS) is 24.7. The van der Waals surface area contributed by atoms with Gasteiger partial charge >= 0.3 is 0 Å². The smallest absolute Gasteiger partial charge is 0.117 e. The Morgan fingerprint density at radius 3 is 2.94 bits per heavy atom. The molecule has 2 N–H and O–H groups in total. The van der Waals surface area contributed by atoms with Gasteiger partial charge < -0.3 is 20.3 Å². The molecule has 0 bridgehead atoms. The Kier molecular flexibility index (Phi) is 4.36. The van der Waals surface area contributed by atoms with E-state index in [0.29, 0.717) is 0 Å². The Morgan fingerprint density at radius 1 is 1.47 bits per heavy atom. The number of nitrogens with one attached hydrogen (secondary N) is 2. The first-order valence-corrected chi connectivity index (χ1v) is 6.48. The maximum Gasteiger partial charge on any atom is 0.117 e. The Morgan fingerprint density at radius 2 is 2.24 bits per heavy atom. The Labute approximate surface area is 104 Å². The predicted molar refractivity (Wildman–Crippen MR) is 69.6 cm³/mol. The molecule has 5 nitrogen and oxygen atoms in total. The monoisotopic (exact) mass is 240 g/mol. The maximum absolute atomic E-state index is 5.08. The molecule has 5 heteroatoms. The molecule has 0 aromatic heterocycles. The Bertz CT molecular complexity index is 272. The average Bonchev–Trinajstić information content (AvgIpc) is 2.36. The molecular formula is C12H24N4O. The van der Waals surface area contributed by atoms with E-state index in [4.69, 9.17) is 4.74 Å². The first kappa shape index (κ1) is 12.8. The molecule has 0 radical (unpaired) electrons. The van der Waals surface area contributed by atoms with Crippen molar-refractivity contribution in [3.8, 4) is 0 Å². The van der Waals surface area contributed by atoms with Gasteiger partial charge in [0.2, 0.25) is 0 Å². The van der Waals surface area contributed by atoms with Crippen molar-refractivity contribution in [1.29, 1.82) is 0 Å². The molecule has 2 heterocycles. The van der Waals surface area contributed by atoms with Gasteiger partial charge in [0.05, 0.1) is 18.7 Å². The Balaban J connectivity index is 1.98. The van der Waals surface area contributed by atoms with Crippen LogP contribution in [-0.2, 0) is 4.74 Å². The van der Waals surface area contributed by atoms with Gasteiger partial charge in [0.15, 0.2) is 0 Å². The minimum atomic E-state index is 0.0957. The molecule has 0 aliphatic carbocycles. The van der Waals surface area contributed by atoms with Gasteiger partial charge in [-0.05, 0) is 19.9 Å². The van der Waals surface area contributed by atoms with Crippen molar-refractivity contribution in [2.24, 2.45) is 4.99 Å². The number of methoxy groups -OCH3 is 1. The molecule has 0 aromatic carbocycles. The highest BCUT2D eigenvalue weighted by Gasteiger charge is 2.39. The minimum Gasteiger partial charge on any atom is -0.383 e. The lowest BCUT2D eigenvalue weighted by molar-refractivity contribution is 0.190. The average molecular weight is 240 g/mol. The van der Waals surface area contributed by atoms with Crippen molar-refractivity contribution in [2.75, 3.05) is 53.5 Å². The van der Waals surface area contributed by atoms with Crippen molar-refractivity contribution in [2.45, 2.75) is 18.4 Å². The topological polar surface area (TPSA) is 48.9 Å². The van der Waals surface area contributed by atoms with Crippen LogP contribution in [0.4, 0.5) is 0 Å². The van der Waals surface area contributed by atoms with Crippen LogP contribution in [0.25, 0.3) is 0 Å². The van der Waals surface area contributed by atoms with E-state index in [1.54, 1.807) is 7.11 Å². The molecule has 2 aliphatic rings. The number of ether oxygens (including phenoxy) is 1. The van der Waals surface area contributed by atoms with Crippen LogP contribution in [-0.4, -0.2) is 69.8 Å². The van der Waals surface area contributed by atoms with Gasteiger partial charge in [-0.3, -0.25) is 4.99 Å². The zero-order valence-electron chi connectivity index (χ0n) is 11.0. The number of likely N-dealkylation sites (tertiary alicyclic amines) is 1. The van der Waals surface area contributed by atoms with Crippen LogP contribution < -0.4 is 10.6 Å². The van der Waals surface area contributed by atoms with Crippen LogP contribution in [0.15, 0.2) is 4.99 Å². The molecular weight excluding hydrogens is 216 g/mol. The molecule has 0 atom stereocenters. The maximum atomic E-state index is 5.08. The third-order valence-electron chi connectivity index (χ3n) is 3.74. The SMILES string of the molecule is COCCNC1=NCCNC12CCN(C)CC2. The number of rotatable bonds is 3. The number of hydrogen-bond acceptors (Lipinski definition) is 5.